The molecular weight excluding hydrogens is 402 g/mol. The van der Waals surface area contributed by atoms with E-state index in [4.69, 9.17) is 0 Å². The number of amides is 1. The predicted molar refractivity (Wildman–Crippen MR) is 122 cm³/mol. The predicted octanol–water partition coefficient (Wildman–Crippen LogP) is 3.65. The molecule has 8 heteroatoms. The number of para-hydroxylation sites is 1. The summed E-state index contributed by atoms with van der Waals surface area (Å²) in [6, 6.07) is 4.48. The number of allylic oxidation sites excluding steroid dienone is 2. The van der Waals surface area contributed by atoms with Crippen LogP contribution in [-0.2, 0) is 9.59 Å². The number of aromatic hydroxyl groups is 1. The molecule has 0 saturated carbocycles. The van der Waals surface area contributed by atoms with Gasteiger partial charge in [0, 0.05) is 32.1 Å². The van der Waals surface area contributed by atoms with Crippen LogP contribution < -0.4 is 10.6 Å². The summed E-state index contributed by atoms with van der Waals surface area (Å²) in [5, 5.41) is 18.1. The highest BCUT2D eigenvalue weighted by Gasteiger charge is 2.21. The number of thioether (sulfide) groups is 1. The molecule has 0 radical (unpaired) electrons. The first-order valence-corrected chi connectivity index (χ1v) is 10.3. The molecule has 1 unspecified atom stereocenters. The number of nitrogens with one attached hydrogen (secondary N) is 2. The first kappa shape index (κ1) is 25.0. The molecule has 0 aliphatic carbocycles. The van der Waals surface area contributed by atoms with Crippen molar-refractivity contribution >= 4 is 34.9 Å². The number of ketones is 2. The van der Waals surface area contributed by atoms with Crippen LogP contribution in [0.2, 0.25) is 0 Å². The first-order chi connectivity index (χ1) is 14.2. The minimum absolute atomic E-state index is 0.0575. The number of carbonyl (C=O) groups excluding carboxylic acids is 3. The van der Waals surface area contributed by atoms with Gasteiger partial charge in [-0.2, -0.15) is 0 Å². The molecule has 30 heavy (non-hydrogen) atoms. The number of hydrogen-bond donors (Lipinski definition) is 3. The minimum Gasteiger partial charge on any atom is -0.505 e. The number of hydrogen-bond acceptors (Lipinski definition) is 7. The van der Waals surface area contributed by atoms with E-state index in [1.807, 2.05) is 19.9 Å². The van der Waals surface area contributed by atoms with E-state index in [1.54, 1.807) is 31.6 Å². The number of rotatable bonds is 11. The van der Waals surface area contributed by atoms with E-state index in [1.165, 1.54) is 35.9 Å². The highest BCUT2D eigenvalue weighted by atomic mass is 32.2. The van der Waals surface area contributed by atoms with Crippen LogP contribution in [0.15, 0.2) is 53.1 Å². The lowest BCUT2D eigenvalue weighted by atomic mass is 10.1. The van der Waals surface area contributed by atoms with Crippen molar-refractivity contribution < 1.29 is 19.5 Å². The quantitative estimate of drug-likeness (QED) is 0.279. The van der Waals surface area contributed by atoms with Gasteiger partial charge in [0.2, 0.25) is 11.6 Å². The SMILES string of the molecule is C=CS/C(=C\C)C(CC)N/C(=C\Nc1cccc(C(=O)N(C)C)c1O)C(=O)C(C)=O. The Bertz CT molecular complexity index is 875. The molecule has 1 aromatic carbocycles. The van der Waals surface area contributed by atoms with Crippen LogP contribution in [-0.4, -0.2) is 47.6 Å². The largest absolute Gasteiger partial charge is 0.505 e. The van der Waals surface area contributed by atoms with Gasteiger partial charge in [0.1, 0.15) is 5.70 Å². The summed E-state index contributed by atoms with van der Waals surface area (Å²) in [5.41, 5.74) is 0.413. The molecule has 3 N–H and O–H groups in total. The average molecular weight is 432 g/mol. The summed E-state index contributed by atoms with van der Waals surface area (Å²) in [7, 11) is 3.17. The molecule has 1 atom stereocenters. The Balaban J connectivity index is 3.27. The summed E-state index contributed by atoms with van der Waals surface area (Å²) >= 11 is 1.43. The Morgan fingerprint density at radius 2 is 1.97 bits per heavy atom. The molecule has 7 nitrogen and oxygen atoms in total. The van der Waals surface area contributed by atoms with Crippen molar-refractivity contribution in [1.29, 1.82) is 0 Å². The maximum atomic E-state index is 12.4. The number of anilines is 1. The van der Waals surface area contributed by atoms with Gasteiger partial charge in [-0.15, -0.1) is 11.8 Å². The Morgan fingerprint density at radius 1 is 1.30 bits per heavy atom. The Kier molecular flexibility index (Phi) is 9.91. The van der Waals surface area contributed by atoms with Gasteiger partial charge >= 0.3 is 0 Å². The summed E-state index contributed by atoms with van der Waals surface area (Å²) in [5.74, 6) is -1.92. The smallest absolute Gasteiger partial charge is 0.257 e. The monoisotopic (exact) mass is 431 g/mol. The summed E-state index contributed by atoms with van der Waals surface area (Å²) in [6.07, 6.45) is 3.91. The van der Waals surface area contributed by atoms with Crippen LogP contribution >= 0.6 is 11.8 Å². The third-order valence-electron chi connectivity index (χ3n) is 4.19. The summed E-state index contributed by atoms with van der Waals surface area (Å²) in [6.45, 7) is 8.75. The van der Waals surface area contributed by atoms with E-state index >= 15 is 0 Å². The normalized spacial score (nSPS) is 12.7. The average Bonchev–Trinajstić information content (AvgIpc) is 2.72. The third-order valence-corrected chi connectivity index (χ3v) is 5.15. The van der Waals surface area contributed by atoms with E-state index in [-0.39, 0.29) is 34.6 Å². The summed E-state index contributed by atoms with van der Waals surface area (Å²) in [4.78, 5) is 38.7. The van der Waals surface area contributed by atoms with Gasteiger partial charge in [0.15, 0.2) is 5.75 Å². The fraction of sp³-hybridized carbons (Fsp3) is 0.318. The van der Waals surface area contributed by atoms with Gasteiger partial charge in [-0.05, 0) is 30.9 Å². The zero-order valence-corrected chi connectivity index (χ0v) is 18.8. The second-order valence-electron chi connectivity index (χ2n) is 6.57. The number of phenols is 1. The molecule has 0 heterocycles. The van der Waals surface area contributed by atoms with E-state index < -0.39 is 11.6 Å². The van der Waals surface area contributed by atoms with Crippen LogP contribution in [0.25, 0.3) is 0 Å². The maximum Gasteiger partial charge on any atom is 0.257 e. The molecule has 0 saturated heterocycles. The number of Topliss-reactive ketones (excluding diaryl/α,β-unsaturated/α-hetero) is 2. The Hall–Kier alpha value is -3.00. The second kappa shape index (κ2) is 11.9. The van der Waals surface area contributed by atoms with Gasteiger partial charge in [0.25, 0.3) is 5.91 Å². The maximum absolute atomic E-state index is 12.4. The second-order valence-corrected chi connectivity index (χ2v) is 7.61. The highest BCUT2D eigenvalue weighted by Crippen LogP contribution is 2.28. The Labute approximate surface area is 181 Å². The fourth-order valence-corrected chi connectivity index (χ4v) is 3.31. The van der Waals surface area contributed by atoms with Crippen molar-refractivity contribution in [3.63, 3.8) is 0 Å². The molecule has 0 bridgehead atoms. The highest BCUT2D eigenvalue weighted by molar-refractivity contribution is 8.05. The van der Waals surface area contributed by atoms with Crippen LogP contribution in [0, 0.1) is 0 Å². The van der Waals surface area contributed by atoms with Crippen molar-refractivity contribution in [1.82, 2.24) is 10.2 Å². The zero-order chi connectivity index (χ0) is 22.8. The fourth-order valence-electron chi connectivity index (χ4n) is 2.60. The third kappa shape index (κ3) is 6.52. The first-order valence-electron chi connectivity index (χ1n) is 9.43. The molecule has 0 aliphatic heterocycles. The molecule has 1 aromatic rings. The van der Waals surface area contributed by atoms with Gasteiger partial charge in [-0.25, -0.2) is 0 Å². The van der Waals surface area contributed by atoms with Crippen LogP contribution in [0.3, 0.4) is 0 Å². The van der Waals surface area contributed by atoms with Gasteiger partial charge in [-0.1, -0.05) is 25.6 Å². The number of nitrogens with zero attached hydrogens (tertiary/aromatic N) is 1. The lowest BCUT2D eigenvalue weighted by Crippen LogP contribution is -2.34. The molecule has 1 rings (SSSR count). The molecule has 162 valence electrons. The molecule has 0 spiro atoms. The van der Waals surface area contributed by atoms with Crippen molar-refractivity contribution in [3.05, 3.63) is 58.6 Å². The molecule has 1 amide bonds. The molecule has 0 aromatic heterocycles. The lowest BCUT2D eigenvalue weighted by Gasteiger charge is -2.21. The van der Waals surface area contributed by atoms with Crippen LogP contribution in [0.4, 0.5) is 5.69 Å². The number of carbonyl (C=O) groups is 3. The van der Waals surface area contributed by atoms with E-state index in [9.17, 15) is 19.5 Å². The lowest BCUT2D eigenvalue weighted by molar-refractivity contribution is -0.133. The van der Waals surface area contributed by atoms with E-state index in [0.717, 1.165) is 4.91 Å². The van der Waals surface area contributed by atoms with Crippen molar-refractivity contribution in [2.45, 2.75) is 33.2 Å². The van der Waals surface area contributed by atoms with Gasteiger partial charge in [-0.3, -0.25) is 14.4 Å². The van der Waals surface area contributed by atoms with Crippen LogP contribution in [0.1, 0.15) is 37.6 Å². The van der Waals surface area contributed by atoms with Gasteiger partial charge in [0.05, 0.1) is 17.3 Å². The number of benzene rings is 1. The standard InChI is InChI=1S/C22H29N3O4S/c1-7-16(19(8-2)30-9-3)24-18(20(27)14(4)26)13-23-17-12-10-11-15(21(17)28)22(29)25(5)6/h8-13,16,23-24,28H,3,7H2,1-2,4-6H3/b18-13-,19-8-. The van der Waals surface area contributed by atoms with Crippen molar-refractivity contribution in [3.8, 4) is 5.75 Å². The molecular formula is C22H29N3O4S. The van der Waals surface area contributed by atoms with E-state index in [0.29, 0.717) is 6.42 Å². The topological polar surface area (TPSA) is 98.7 Å². The summed E-state index contributed by atoms with van der Waals surface area (Å²) < 4.78 is 0. The Morgan fingerprint density at radius 3 is 2.47 bits per heavy atom. The number of phenolic OH excluding ortho intramolecular Hbond substituents is 1. The van der Waals surface area contributed by atoms with Crippen LogP contribution in [0.5, 0.6) is 5.75 Å². The zero-order valence-electron chi connectivity index (χ0n) is 18.0. The molecule has 0 aliphatic rings. The molecule has 0 fully saturated rings. The minimum atomic E-state index is -0.694. The van der Waals surface area contributed by atoms with Crippen molar-refractivity contribution in [2.75, 3.05) is 19.4 Å². The van der Waals surface area contributed by atoms with Gasteiger partial charge < -0.3 is 20.6 Å². The van der Waals surface area contributed by atoms with E-state index in [2.05, 4.69) is 17.2 Å². The van der Waals surface area contributed by atoms with Crippen molar-refractivity contribution in [2.24, 2.45) is 0 Å².